The topological polar surface area (TPSA) is 83.2 Å². The summed E-state index contributed by atoms with van der Waals surface area (Å²) in [5, 5.41) is 11.4. The first kappa shape index (κ1) is 20.7. The van der Waals surface area contributed by atoms with Crippen LogP contribution in [0, 0.1) is 0 Å². The molecule has 0 aliphatic rings. The van der Waals surface area contributed by atoms with Gasteiger partial charge < -0.3 is 14.8 Å². The minimum Gasteiger partial charge on any atom is -0.497 e. The summed E-state index contributed by atoms with van der Waals surface area (Å²) in [5.41, 5.74) is 1.93. The number of carbonyl (C=O) groups is 1. The van der Waals surface area contributed by atoms with Crippen molar-refractivity contribution >= 4 is 27.5 Å². The summed E-state index contributed by atoms with van der Waals surface area (Å²) in [4.78, 5) is 12.5. The van der Waals surface area contributed by atoms with Crippen molar-refractivity contribution in [3.63, 3.8) is 0 Å². The number of hydrogen-bond acceptors (Lipinski definition) is 5. The first-order valence-corrected chi connectivity index (χ1v) is 10.3. The van der Waals surface area contributed by atoms with Crippen molar-refractivity contribution in [1.82, 2.24) is 19.6 Å². The van der Waals surface area contributed by atoms with Crippen molar-refractivity contribution < 1.29 is 14.3 Å². The van der Waals surface area contributed by atoms with Crippen molar-refractivity contribution in [2.75, 3.05) is 12.4 Å². The maximum atomic E-state index is 12.5. The Hall–Kier alpha value is -3.59. The van der Waals surface area contributed by atoms with Crippen LogP contribution in [0.5, 0.6) is 11.5 Å². The fraction of sp³-hybridized carbons (Fsp3) is 0.136. The van der Waals surface area contributed by atoms with Crippen LogP contribution in [0.15, 0.2) is 77.7 Å². The maximum absolute atomic E-state index is 12.5. The second kappa shape index (κ2) is 9.48. The van der Waals surface area contributed by atoms with E-state index in [1.165, 1.54) is 0 Å². The molecule has 0 unspecified atom stereocenters. The quantitative estimate of drug-likeness (QED) is 0.407. The Labute approximate surface area is 187 Å². The lowest BCUT2D eigenvalue weighted by Gasteiger charge is -2.06. The smallest absolute Gasteiger partial charge is 0.276 e. The van der Waals surface area contributed by atoms with E-state index in [4.69, 9.17) is 9.47 Å². The molecule has 2 aromatic heterocycles. The van der Waals surface area contributed by atoms with Crippen molar-refractivity contribution in [2.45, 2.75) is 13.3 Å². The third kappa shape index (κ3) is 5.52. The predicted molar refractivity (Wildman–Crippen MR) is 119 cm³/mol. The number of methoxy groups -OCH3 is 1. The molecular weight excluding hydrogens is 462 g/mol. The number of nitrogens with one attached hydrogen (secondary N) is 1. The molecule has 0 spiro atoms. The first-order valence-electron chi connectivity index (χ1n) is 9.47. The number of hydrogen-bond donors (Lipinski definition) is 1. The van der Waals surface area contributed by atoms with Gasteiger partial charge in [0.1, 0.15) is 11.5 Å². The van der Waals surface area contributed by atoms with Crippen LogP contribution in [-0.4, -0.2) is 32.6 Å². The van der Waals surface area contributed by atoms with E-state index in [1.807, 2.05) is 48.5 Å². The largest absolute Gasteiger partial charge is 0.497 e. The van der Waals surface area contributed by atoms with E-state index in [0.29, 0.717) is 23.7 Å². The molecule has 1 N–H and O–H groups in total. The number of ether oxygens (including phenoxy) is 2. The lowest BCUT2D eigenvalue weighted by Crippen LogP contribution is -2.14. The minimum atomic E-state index is -0.316. The van der Waals surface area contributed by atoms with Crippen LogP contribution in [0.2, 0.25) is 0 Å². The molecule has 0 saturated heterocycles. The Morgan fingerprint density at radius 3 is 2.74 bits per heavy atom. The highest BCUT2D eigenvalue weighted by Gasteiger charge is 2.11. The van der Waals surface area contributed by atoms with Crippen LogP contribution >= 0.6 is 15.9 Å². The molecule has 2 heterocycles. The standard InChI is InChI=1S/C22H20BrN5O3/c1-30-20-4-2-3-16(11-20)13-28-14-18(12-24-28)25-22(29)21-9-10-27(26-21)15-31-19-7-5-17(23)6-8-19/h2-12,14H,13,15H2,1H3,(H,25,29). The number of rotatable bonds is 8. The van der Waals surface area contributed by atoms with Crippen LogP contribution in [0.4, 0.5) is 5.69 Å². The number of aromatic nitrogens is 4. The second-order valence-corrected chi connectivity index (χ2v) is 7.62. The summed E-state index contributed by atoms with van der Waals surface area (Å²) in [6, 6.07) is 16.9. The van der Waals surface area contributed by atoms with Gasteiger partial charge in [-0.3, -0.25) is 9.48 Å². The maximum Gasteiger partial charge on any atom is 0.276 e. The zero-order chi connectivity index (χ0) is 21.6. The average molecular weight is 482 g/mol. The van der Waals surface area contributed by atoms with Gasteiger partial charge in [0.25, 0.3) is 5.91 Å². The van der Waals surface area contributed by atoms with E-state index < -0.39 is 0 Å². The van der Waals surface area contributed by atoms with Crippen molar-refractivity contribution in [3.8, 4) is 11.5 Å². The zero-order valence-corrected chi connectivity index (χ0v) is 18.3. The fourth-order valence-corrected chi connectivity index (χ4v) is 3.16. The van der Waals surface area contributed by atoms with E-state index in [9.17, 15) is 4.79 Å². The molecule has 8 nitrogen and oxygen atoms in total. The SMILES string of the molecule is COc1cccc(Cn2cc(NC(=O)c3ccn(COc4ccc(Br)cc4)n3)cn2)c1. The van der Waals surface area contributed by atoms with E-state index in [1.54, 1.807) is 41.1 Å². The summed E-state index contributed by atoms with van der Waals surface area (Å²) < 4.78 is 15.2. The molecule has 0 saturated carbocycles. The normalized spacial score (nSPS) is 10.6. The highest BCUT2D eigenvalue weighted by molar-refractivity contribution is 9.10. The molecular formula is C22H20BrN5O3. The number of carbonyl (C=O) groups excluding carboxylic acids is 1. The molecule has 158 valence electrons. The summed E-state index contributed by atoms with van der Waals surface area (Å²) >= 11 is 3.38. The van der Waals surface area contributed by atoms with Gasteiger partial charge in [-0.25, -0.2) is 4.68 Å². The Balaban J connectivity index is 1.33. The molecule has 0 aliphatic heterocycles. The number of anilines is 1. The van der Waals surface area contributed by atoms with Gasteiger partial charge in [0.2, 0.25) is 0 Å². The van der Waals surface area contributed by atoms with Gasteiger partial charge in [0.15, 0.2) is 12.4 Å². The van der Waals surface area contributed by atoms with Gasteiger partial charge in [0, 0.05) is 16.9 Å². The monoisotopic (exact) mass is 481 g/mol. The Kier molecular flexibility index (Phi) is 6.32. The number of amides is 1. The first-order chi connectivity index (χ1) is 15.1. The third-order valence-corrected chi connectivity index (χ3v) is 4.95. The third-order valence-electron chi connectivity index (χ3n) is 4.42. The average Bonchev–Trinajstić information content (AvgIpc) is 3.43. The Bertz CT molecular complexity index is 1170. The number of nitrogens with zero attached hydrogens (tertiary/aromatic N) is 4. The highest BCUT2D eigenvalue weighted by Crippen LogP contribution is 2.17. The lowest BCUT2D eigenvalue weighted by molar-refractivity contribution is 0.102. The number of halogens is 1. The molecule has 0 bridgehead atoms. The minimum absolute atomic E-state index is 0.202. The van der Waals surface area contributed by atoms with Crippen molar-refractivity contribution in [2.24, 2.45) is 0 Å². The predicted octanol–water partition coefficient (Wildman–Crippen LogP) is 4.19. The van der Waals surface area contributed by atoms with Gasteiger partial charge in [-0.15, -0.1) is 0 Å². The van der Waals surface area contributed by atoms with E-state index >= 15 is 0 Å². The van der Waals surface area contributed by atoms with Gasteiger partial charge in [-0.2, -0.15) is 10.2 Å². The van der Waals surface area contributed by atoms with Crippen LogP contribution in [0.1, 0.15) is 16.1 Å². The summed E-state index contributed by atoms with van der Waals surface area (Å²) in [5.74, 6) is 1.19. The van der Waals surface area contributed by atoms with Gasteiger partial charge in [0.05, 0.1) is 25.5 Å². The van der Waals surface area contributed by atoms with Crippen molar-refractivity contribution in [3.05, 3.63) is 88.9 Å². The van der Waals surface area contributed by atoms with E-state index in [-0.39, 0.29) is 12.6 Å². The van der Waals surface area contributed by atoms with E-state index in [2.05, 4.69) is 31.4 Å². The molecule has 0 radical (unpaired) electrons. The van der Waals surface area contributed by atoms with Gasteiger partial charge in [-0.1, -0.05) is 28.1 Å². The lowest BCUT2D eigenvalue weighted by atomic mass is 10.2. The second-order valence-electron chi connectivity index (χ2n) is 6.70. The molecule has 2 aromatic carbocycles. The Morgan fingerprint density at radius 2 is 1.94 bits per heavy atom. The summed E-state index contributed by atoms with van der Waals surface area (Å²) in [7, 11) is 1.63. The van der Waals surface area contributed by atoms with Crippen LogP contribution in [-0.2, 0) is 13.3 Å². The number of benzene rings is 2. The van der Waals surface area contributed by atoms with Crippen LogP contribution in [0.25, 0.3) is 0 Å². The van der Waals surface area contributed by atoms with E-state index in [0.717, 1.165) is 15.8 Å². The summed E-state index contributed by atoms with van der Waals surface area (Å²) in [6.07, 6.45) is 5.07. The molecule has 4 rings (SSSR count). The molecule has 0 atom stereocenters. The van der Waals surface area contributed by atoms with Crippen LogP contribution in [0.3, 0.4) is 0 Å². The molecule has 0 aliphatic carbocycles. The zero-order valence-electron chi connectivity index (χ0n) is 16.7. The fourth-order valence-electron chi connectivity index (χ4n) is 2.89. The van der Waals surface area contributed by atoms with Crippen LogP contribution < -0.4 is 14.8 Å². The summed E-state index contributed by atoms with van der Waals surface area (Å²) in [6.45, 7) is 0.766. The molecule has 1 amide bonds. The molecule has 9 heteroatoms. The van der Waals surface area contributed by atoms with Gasteiger partial charge in [-0.05, 0) is 48.0 Å². The Morgan fingerprint density at radius 1 is 1.10 bits per heavy atom. The molecule has 0 fully saturated rings. The van der Waals surface area contributed by atoms with Crippen molar-refractivity contribution in [1.29, 1.82) is 0 Å². The highest BCUT2D eigenvalue weighted by atomic mass is 79.9. The molecule has 4 aromatic rings. The van der Waals surface area contributed by atoms with Gasteiger partial charge >= 0.3 is 0 Å². The molecule has 31 heavy (non-hydrogen) atoms.